The fourth-order valence-corrected chi connectivity index (χ4v) is 3.30. The number of carbonyl (C=O) groups excluding carboxylic acids is 1. The molecule has 0 unspecified atom stereocenters. The third kappa shape index (κ3) is 5.05. The zero-order valence-corrected chi connectivity index (χ0v) is 16.2. The summed E-state index contributed by atoms with van der Waals surface area (Å²) >= 11 is 0. The number of carbonyl (C=O) groups is 1. The Bertz CT molecular complexity index is 587. The second-order valence-electron chi connectivity index (χ2n) is 7.92. The smallest absolute Gasteiger partial charge is 0.334 e. The highest BCUT2D eigenvalue weighted by Crippen LogP contribution is 2.32. The fourth-order valence-electron chi connectivity index (χ4n) is 3.30. The van der Waals surface area contributed by atoms with Gasteiger partial charge in [-0.25, -0.2) is 4.79 Å². The molecule has 3 atom stereocenters. The Morgan fingerprint density at radius 3 is 2.68 bits per heavy atom. The summed E-state index contributed by atoms with van der Waals surface area (Å²) in [7, 11) is 1.70. The first kappa shape index (κ1) is 19.9. The van der Waals surface area contributed by atoms with Gasteiger partial charge in [0, 0.05) is 19.1 Å². The lowest BCUT2D eigenvalue weighted by Crippen LogP contribution is -2.34. The van der Waals surface area contributed by atoms with Crippen LogP contribution in [0.4, 0.5) is 0 Å². The van der Waals surface area contributed by atoms with Gasteiger partial charge in [0.05, 0.1) is 11.2 Å². The molecule has 140 valence electrons. The number of hydrogen-bond donors (Lipinski definition) is 1. The maximum atomic E-state index is 12.1. The fraction of sp³-hybridized carbons (Fsp3) is 0.667. The number of esters is 1. The van der Waals surface area contributed by atoms with Crippen LogP contribution in [-0.2, 0) is 14.3 Å². The summed E-state index contributed by atoms with van der Waals surface area (Å²) in [5.41, 5.74) is 0.494. The summed E-state index contributed by atoms with van der Waals surface area (Å²) in [4.78, 5) is 12.1. The van der Waals surface area contributed by atoms with E-state index in [9.17, 15) is 9.90 Å². The molecule has 25 heavy (non-hydrogen) atoms. The van der Waals surface area contributed by atoms with Crippen molar-refractivity contribution in [1.29, 1.82) is 0 Å². The summed E-state index contributed by atoms with van der Waals surface area (Å²) < 4.78 is 11.2. The molecule has 0 radical (unpaired) electrons. The predicted octanol–water partition coefficient (Wildman–Crippen LogP) is 4.10. The average Bonchev–Trinajstić information content (AvgIpc) is 2.89. The largest absolute Gasteiger partial charge is 0.454 e. The zero-order valence-electron chi connectivity index (χ0n) is 16.2. The molecule has 4 heteroatoms. The number of hydrogen-bond acceptors (Lipinski definition) is 4. The summed E-state index contributed by atoms with van der Waals surface area (Å²) in [6.45, 7) is 8.10. The van der Waals surface area contributed by atoms with Crippen molar-refractivity contribution in [3.05, 3.63) is 35.5 Å². The molecule has 0 amide bonds. The summed E-state index contributed by atoms with van der Waals surface area (Å²) in [5.74, 6) is -0.210. The van der Waals surface area contributed by atoms with Crippen LogP contribution < -0.4 is 0 Å². The molecule has 2 bridgehead atoms. The van der Waals surface area contributed by atoms with Gasteiger partial charge in [-0.15, -0.1) is 0 Å². The lowest BCUT2D eigenvalue weighted by molar-refractivity contribution is -0.139. The first-order chi connectivity index (χ1) is 11.7. The molecule has 0 aromatic heterocycles. The third-order valence-corrected chi connectivity index (χ3v) is 5.55. The lowest BCUT2D eigenvalue weighted by Gasteiger charge is -2.32. The van der Waals surface area contributed by atoms with E-state index >= 15 is 0 Å². The van der Waals surface area contributed by atoms with Crippen molar-refractivity contribution >= 4 is 5.97 Å². The van der Waals surface area contributed by atoms with Crippen molar-refractivity contribution in [2.24, 2.45) is 5.92 Å². The highest BCUT2D eigenvalue weighted by molar-refractivity contribution is 5.90. The minimum Gasteiger partial charge on any atom is -0.454 e. The highest BCUT2D eigenvalue weighted by Gasteiger charge is 2.33. The van der Waals surface area contributed by atoms with Gasteiger partial charge in [0.25, 0.3) is 0 Å². The Labute approximate surface area is 151 Å². The number of fused-ring (bicyclic) bond motifs is 1. The van der Waals surface area contributed by atoms with E-state index in [0.717, 1.165) is 19.3 Å². The minimum absolute atomic E-state index is 0.0359. The van der Waals surface area contributed by atoms with Gasteiger partial charge in [0.2, 0.25) is 0 Å². The van der Waals surface area contributed by atoms with Crippen LogP contribution in [-0.4, -0.2) is 35.5 Å². The van der Waals surface area contributed by atoms with Gasteiger partial charge >= 0.3 is 5.97 Å². The van der Waals surface area contributed by atoms with Gasteiger partial charge in [-0.05, 0) is 51.5 Å². The zero-order chi connectivity index (χ0) is 18.7. The maximum Gasteiger partial charge on any atom is 0.334 e. The van der Waals surface area contributed by atoms with E-state index in [4.69, 9.17) is 9.47 Å². The molecule has 0 saturated heterocycles. The molecular weight excluding hydrogens is 316 g/mol. The van der Waals surface area contributed by atoms with Gasteiger partial charge in [0.1, 0.15) is 6.10 Å². The van der Waals surface area contributed by atoms with Crippen molar-refractivity contribution in [1.82, 2.24) is 0 Å². The predicted molar refractivity (Wildman–Crippen MR) is 99.1 cm³/mol. The molecule has 0 fully saturated rings. The number of methoxy groups -OCH3 is 1. The van der Waals surface area contributed by atoms with Crippen molar-refractivity contribution in [3.63, 3.8) is 0 Å². The van der Waals surface area contributed by atoms with Gasteiger partial charge in [-0.1, -0.05) is 37.6 Å². The first-order valence-electron chi connectivity index (χ1n) is 9.23. The Morgan fingerprint density at radius 2 is 2.04 bits per heavy atom. The van der Waals surface area contributed by atoms with Crippen LogP contribution in [0.25, 0.3) is 0 Å². The number of ether oxygens (including phenoxy) is 2. The minimum atomic E-state index is -0.977. The molecule has 0 aromatic carbocycles. The van der Waals surface area contributed by atoms with E-state index in [1.54, 1.807) is 7.11 Å². The second kappa shape index (κ2) is 7.88. The van der Waals surface area contributed by atoms with Crippen LogP contribution >= 0.6 is 0 Å². The molecule has 1 heterocycles. The molecule has 0 saturated carbocycles. The second-order valence-corrected chi connectivity index (χ2v) is 7.92. The molecule has 4 nitrogen and oxygen atoms in total. The SMILES string of the molecule is CO[C@@]1(C)C=C[C@@](O)(C(C)C)CCC2=C[C@H](CC(C)=CCC1)OC2=O. The maximum absolute atomic E-state index is 12.1. The Balaban J connectivity index is 2.33. The third-order valence-electron chi connectivity index (χ3n) is 5.55. The molecule has 1 N–H and O–H groups in total. The van der Waals surface area contributed by atoms with Crippen molar-refractivity contribution < 1.29 is 19.4 Å². The monoisotopic (exact) mass is 348 g/mol. The van der Waals surface area contributed by atoms with E-state index in [2.05, 4.69) is 13.0 Å². The highest BCUT2D eigenvalue weighted by atomic mass is 16.5. The normalized spacial score (nSPS) is 34.4. The van der Waals surface area contributed by atoms with Gasteiger partial charge < -0.3 is 14.6 Å². The Kier molecular flexibility index (Phi) is 6.28. The van der Waals surface area contributed by atoms with E-state index in [-0.39, 0.29) is 18.0 Å². The molecule has 0 spiro atoms. The Hall–Kier alpha value is -1.39. The molecule has 1 aliphatic heterocycles. The van der Waals surface area contributed by atoms with E-state index in [1.807, 2.05) is 39.0 Å². The van der Waals surface area contributed by atoms with Crippen molar-refractivity contribution in [2.45, 2.75) is 77.1 Å². The summed E-state index contributed by atoms with van der Waals surface area (Å²) in [5, 5.41) is 11.1. The number of allylic oxidation sites excluding steroid dienone is 1. The molecule has 0 aromatic rings. The van der Waals surface area contributed by atoms with E-state index < -0.39 is 11.2 Å². The van der Waals surface area contributed by atoms with Crippen LogP contribution in [0, 0.1) is 5.92 Å². The molecular formula is C21H32O4. The van der Waals surface area contributed by atoms with Gasteiger partial charge in [0.15, 0.2) is 0 Å². The quantitative estimate of drug-likeness (QED) is 0.603. The molecule has 2 aliphatic rings. The summed E-state index contributed by atoms with van der Waals surface area (Å²) in [6.07, 6.45) is 11.2. The first-order valence-corrected chi connectivity index (χ1v) is 9.23. The average molecular weight is 348 g/mol. The van der Waals surface area contributed by atoms with Gasteiger partial charge in [-0.3, -0.25) is 0 Å². The lowest BCUT2D eigenvalue weighted by atomic mass is 9.82. The van der Waals surface area contributed by atoms with Crippen molar-refractivity contribution in [2.75, 3.05) is 7.11 Å². The van der Waals surface area contributed by atoms with Crippen LogP contribution in [0.15, 0.2) is 35.5 Å². The summed E-state index contributed by atoms with van der Waals surface area (Å²) in [6, 6.07) is 0. The number of rotatable bonds is 2. The number of aliphatic hydroxyl groups is 1. The van der Waals surface area contributed by atoms with E-state index in [1.165, 1.54) is 5.57 Å². The van der Waals surface area contributed by atoms with Gasteiger partial charge in [-0.2, -0.15) is 0 Å². The van der Waals surface area contributed by atoms with Crippen LogP contribution in [0.1, 0.15) is 59.8 Å². The van der Waals surface area contributed by atoms with Crippen LogP contribution in [0.5, 0.6) is 0 Å². The standard InChI is InChI=1S/C21H32O4/c1-15(2)21(23)10-8-17-14-18(25-19(17)22)13-16(3)7-6-9-20(4,24-5)11-12-21/h7,11-12,14-15,18,23H,6,8-10,13H2,1-5H3/t18-,20+,21+/m0/s1. The molecule has 1 aliphatic carbocycles. The van der Waals surface area contributed by atoms with E-state index in [0.29, 0.717) is 18.4 Å². The van der Waals surface area contributed by atoms with Crippen LogP contribution in [0.3, 0.4) is 0 Å². The van der Waals surface area contributed by atoms with Crippen LogP contribution in [0.2, 0.25) is 0 Å². The Morgan fingerprint density at radius 1 is 1.32 bits per heavy atom. The van der Waals surface area contributed by atoms with Crippen molar-refractivity contribution in [3.8, 4) is 0 Å². The molecule has 2 rings (SSSR count). The topological polar surface area (TPSA) is 55.8 Å².